The van der Waals surface area contributed by atoms with Crippen LogP contribution in [0.4, 0.5) is 8.78 Å². The van der Waals surface area contributed by atoms with Crippen molar-refractivity contribution in [1.82, 2.24) is 25.4 Å². The summed E-state index contributed by atoms with van der Waals surface area (Å²) in [5.41, 5.74) is 2.47. The van der Waals surface area contributed by atoms with Crippen molar-refractivity contribution in [2.45, 2.75) is 24.9 Å². The Morgan fingerprint density at radius 2 is 1.89 bits per heavy atom. The number of aromatic amines is 1. The Bertz CT molecular complexity index is 1420. The average Bonchev–Trinajstić information content (AvgIpc) is 3.34. The van der Waals surface area contributed by atoms with Crippen molar-refractivity contribution in [3.8, 4) is 11.3 Å². The number of benzene rings is 2. The van der Waals surface area contributed by atoms with Crippen LogP contribution < -0.4 is 5.32 Å². The average molecular weight is 506 g/mol. The largest absolute Gasteiger partial charge is 0.468 e. The number of nitrogens with one attached hydrogen (secondary N) is 2. The van der Waals surface area contributed by atoms with E-state index in [0.717, 1.165) is 28.6 Å². The van der Waals surface area contributed by atoms with E-state index in [1.165, 1.54) is 13.2 Å². The van der Waals surface area contributed by atoms with Crippen molar-refractivity contribution < 1.29 is 23.1 Å². The summed E-state index contributed by atoms with van der Waals surface area (Å²) in [6.07, 6.45) is 4.64. The zero-order chi connectivity index (χ0) is 25.9. The quantitative estimate of drug-likeness (QED) is 0.384. The van der Waals surface area contributed by atoms with Gasteiger partial charge in [-0.25, -0.2) is 13.6 Å². The van der Waals surface area contributed by atoms with E-state index in [1.807, 2.05) is 12.1 Å². The highest BCUT2D eigenvalue weighted by atomic mass is 19.1. The third kappa shape index (κ3) is 4.92. The highest BCUT2D eigenvalue weighted by molar-refractivity contribution is 6.01. The number of nitrogens with zero attached hydrogens (tertiary/aromatic N) is 3. The molecule has 190 valence electrons. The van der Waals surface area contributed by atoms with E-state index in [2.05, 4.69) is 20.5 Å². The van der Waals surface area contributed by atoms with E-state index in [0.29, 0.717) is 30.6 Å². The number of rotatable bonds is 6. The van der Waals surface area contributed by atoms with Gasteiger partial charge in [-0.3, -0.25) is 19.8 Å². The predicted molar refractivity (Wildman–Crippen MR) is 133 cm³/mol. The molecular weight excluding hydrogens is 480 g/mol. The van der Waals surface area contributed by atoms with Crippen molar-refractivity contribution in [2.75, 3.05) is 20.2 Å². The molecule has 1 amide bonds. The van der Waals surface area contributed by atoms with Crippen LogP contribution in [-0.2, 0) is 9.53 Å². The second-order valence-electron chi connectivity index (χ2n) is 8.94. The molecule has 0 spiro atoms. The van der Waals surface area contributed by atoms with Crippen LogP contribution in [0.25, 0.3) is 22.2 Å². The molecule has 2 atom stereocenters. The molecule has 3 heterocycles. The van der Waals surface area contributed by atoms with Crippen LogP contribution in [0.3, 0.4) is 0 Å². The van der Waals surface area contributed by atoms with Gasteiger partial charge in [0.2, 0.25) is 0 Å². The maximum atomic E-state index is 14.6. The number of H-pyrrole nitrogens is 1. The Morgan fingerprint density at radius 1 is 1.14 bits per heavy atom. The molecule has 2 aromatic carbocycles. The number of aromatic nitrogens is 3. The van der Waals surface area contributed by atoms with Gasteiger partial charge in [0.25, 0.3) is 5.91 Å². The minimum atomic E-state index is -1.25. The van der Waals surface area contributed by atoms with Crippen LogP contribution in [0.15, 0.2) is 60.9 Å². The van der Waals surface area contributed by atoms with Crippen LogP contribution in [0.5, 0.6) is 0 Å². The summed E-state index contributed by atoms with van der Waals surface area (Å²) in [6.45, 7) is 0.658. The topological polar surface area (TPSA) is 100 Å². The Hall–Kier alpha value is -4.18. The molecule has 0 saturated carbocycles. The van der Waals surface area contributed by atoms with Gasteiger partial charge in [0.05, 0.1) is 18.2 Å². The molecule has 1 aliphatic rings. The molecular formula is C27H25F2N5O3. The smallest absolute Gasteiger partial charge is 0.327 e. The van der Waals surface area contributed by atoms with Crippen molar-refractivity contribution in [2.24, 2.45) is 0 Å². The maximum Gasteiger partial charge on any atom is 0.327 e. The summed E-state index contributed by atoms with van der Waals surface area (Å²) in [4.78, 5) is 31.5. The number of likely N-dealkylation sites (tertiary alicyclic amines) is 1. The zero-order valence-corrected chi connectivity index (χ0v) is 20.1. The molecule has 4 aromatic rings. The Morgan fingerprint density at radius 3 is 2.62 bits per heavy atom. The minimum Gasteiger partial charge on any atom is -0.468 e. The van der Waals surface area contributed by atoms with E-state index >= 15 is 0 Å². The van der Waals surface area contributed by atoms with Crippen molar-refractivity contribution in [3.05, 3.63) is 83.7 Å². The highest BCUT2D eigenvalue weighted by Gasteiger charge is 2.36. The fourth-order valence-corrected chi connectivity index (χ4v) is 4.85. The lowest BCUT2D eigenvalue weighted by Crippen LogP contribution is -2.50. The van der Waals surface area contributed by atoms with Crippen molar-refractivity contribution in [1.29, 1.82) is 0 Å². The highest BCUT2D eigenvalue weighted by Crippen LogP contribution is 2.30. The third-order valence-corrected chi connectivity index (χ3v) is 6.63. The molecule has 8 nitrogen and oxygen atoms in total. The van der Waals surface area contributed by atoms with Gasteiger partial charge < -0.3 is 10.1 Å². The third-order valence-electron chi connectivity index (χ3n) is 6.63. The number of hydrogen-bond donors (Lipinski definition) is 2. The van der Waals surface area contributed by atoms with Gasteiger partial charge in [-0.15, -0.1) is 0 Å². The van der Waals surface area contributed by atoms with Crippen LogP contribution in [0.2, 0.25) is 0 Å². The van der Waals surface area contributed by atoms with Gasteiger partial charge in [0, 0.05) is 41.5 Å². The summed E-state index contributed by atoms with van der Waals surface area (Å²) in [7, 11) is 1.18. The SMILES string of the molecule is COC(=O)[C@H](c1c(F)cccc1F)N1CCC[C@@H](NC(=O)c2ccc3[nH]nc(-c4ccncc4)c3c2)C1. The summed E-state index contributed by atoms with van der Waals surface area (Å²) in [5, 5.41) is 11.2. The van der Waals surface area contributed by atoms with Crippen molar-refractivity contribution >= 4 is 22.8 Å². The number of pyridine rings is 1. The zero-order valence-electron chi connectivity index (χ0n) is 20.1. The first-order chi connectivity index (χ1) is 18.0. The Kier molecular flexibility index (Phi) is 6.91. The molecule has 2 N–H and O–H groups in total. The number of methoxy groups -OCH3 is 1. The first-order valence-corrected chi connectivity index (χ1v) is 11.9. The van der Waals surface area contributed by atoms with E-state index in [4.69, 9.17) is 4.74 Å². The number of fused-ring (bicyclic) bond motifs is 1. The van der Waals surface area contributed by atoms with Gasteiger partial charge in [-0.2, -0.15) is 5.10 Å². The summed E-state index contributed by atoms with van der Waals surface area (Å²) >= 11 is 0. The molecule has 1 fully saturated rings. The summed E-state index contributed by atoms with van der Waals surface area (Å²) < 4.78 is 34.0. The number of ether oxygens (including phenoxy) is 1. The lowest BCUT2D eigenvalue weighted by atomic mass is 9.98. The molecule has 0 aliphatic carbocycles. The maximum absolute atomic E-state index is 14.6. The van der Waals surface area contributed by atoms with E-state index in [1.54, 1.807) is 35.5 Å². The first kappa shape index (κ1) is 24.5. The molecule has 0 radical (unpaired) electrons. The van der Waals surface area contributed by atoms with Crippen LogP contribution in [-0.4, -0.2) is 58.2 Å². The monoisotopic (exact) mass is 505 g/mol. The number of piperidine rings is 1. The molecule has 5 rings (SSSR count). The summed E-state index contributed by atoms with van der Waals surface area (Å²) in [5.74, 6) is -2.69. The lowest BCUT2D eigenvalue weighted by molar-refractivity contribution is -0.148. The number of halogens is 2. The fraction of sp³-hybridized carbons (Fsp3) is 0.259. The van der Waals surface area contributed by atoms with Crippen LogP contribution >= 0.6 is 0 Å². The Labute approximate surface area is 211 Å². The van der Waals surface area contributed by atoms with Gasteiger partial charge >= 0.3 is 5.97 Å². The number of esters is 1. The van der Waals surface area contributed by atoms with Gasteiger partial charge in [0.1, 0.15) is 23.4 Å². The fourth-order valence-electron chi connectivity index (χ4n) is 4.85. The van der Waals surface area contributed by atoms with E-state index < -0.39 is 23.6 Å². The first-order valence-electron chi connectivity index (χ1n) is 11.9. The van der Waals surface area contributed by atoms with Gasteiger partial charge in [-0.05, 0) is 61.9 Å². The second-order valence-corrected chi connectivity index (χ2v) is 8.94. The predicted octanol–water partition coefficient (Wildman–Crippen LogP) is 4.01. The minimum absolute atomic E-state index is 0.232. The number of carbonyl (C=O) groups excluding carboxylic acids is 2. The van der Waals surface area contributed by atoms with Gasteiger partial charge in [-0.1, -0.05) is 6.07 Å². The van der Waals surface area contributed by atoms with Crippen LogP contribution in [0.1, 0.15) is 34.8 Å². The molecule has 0 unspecified atom stereocenters. The molecule has 1 aliphatic heterocycles. The lowest BCUT2D eigenvalue weighted by Gasteiger charge is -2.37. The van der Waals surface area contributed by atoms with E-state index in [-0.39, 0.29) is 24.1 Å². The molecule has 10 heteroatoms. The number of hydrogen-bond acceptors (Lipinski definition) is 6. The van der Waals surface area contributed by atoms with E-state index in [9.17, 15) is 18.4 Å². The molecule has 37 heavy (non-hydrogen) atoms. The standard InChI is InChI=1S/C27H25F2N5O3/c1-37-27(36)25(23-20(28)5-2-6-21(23)29)34-13-3-4-18(15-34)31-26(35)17-7-8-22-19(14-17)24(33-32-22)16-9-11-30-12-10-16/h2,5-12,14,18,25H,3-4,13,15H2,1H3,(H,31,35)(H,32,33)/t18-,25+/m1/s1. The molecule has 1 saturated heterocycles. The van der Waals surface area contributed by atoms with Crippen LogP contribution in [0, 0.1) is 11.6 Å². The molecule has 0 bridgehead atoms. The van der Waals surface area contributed by atoms with Crippen molar-refractivity contribution in [3.63, 3.8) is 0 Å². The molecule has 2 aromatic heterocycles. The number of amides is 1. The number of carbonyl (C=O) groups is 2. The normalized spacial score (nSPS) is 16.9. The van der Waals surface area contributed by atoms with Gasteiger partial charge in [0.15, 0.2) is 0 Å². The summed E-state index contributed by atoms with van der Waals surface area (Å²) in [6, 6.07) is 10.9. The Balaban J connectivity index is 1.36. The second kappa shape index (κ2) is 10.4.